The van der Waals surface area contributed by atoms with E-state index in [4.69, 9.17) is 10.5 Å². The van der Waals surface area contributed by atoms with Crippen LogP contribution < -0.4 is 10.5 Å². The largest absolute Gasteiger partial charge is 0.496 e. The summed E-state index contributed by atoms with van der Waals surface area (Å²) >= 11 is 0. The van der Waals surface area contributed by atoms with Crippen LogP contribution >= 0.6 is 0 Å². The van der Waals surface area contributed by atoms with Crippen LogP contribution in [-0.2, 0) is 6.54 Å². The molecule has 0 radical (unpaired) electrons. The Kier molecular flexibility index (Phi) is 2.86. The van der Waals surface area contributed by atoms with E-state index < -0.39 is 0 Å². The zero-order valence-corrected chi connectivity index (χ0v) is 9.60. The number of hydrogen-bond acceptors (Lipinski definition) is 2. The fourth-order valence-corrected chi connectivity index (χ4v) is 1.93. The molecule has 3 nitrogen and oxygen atoms in total. The Bertz CT molecular complexity index is 488. The van der Waals surface area contributed by atoms with Crippen molar-refractivity contribution >= 4 is 5.82 Å². The maximum absolute atomic E-state index is 5.90. The van der Waals surface area contributed by atoms with Crippen LogP contribution in [0.15, 0.2) is 36.4 Å². The number of benzene rings is 1. The Balaban J connectivity index is 2.58. The number of nitrogens with zero attached hydrogens (tertiary/aromatic N) is 1. The summed E-state index contributed by atoms with van der Waals surface area (Å²) in [5.41, 5.74) is 8.07. The molecular weight excluding hydrogens is 200 g/mol. The van der Waals surface area contributed by atoms with E-state index in [-0.39, 0.29) is 0 Å². The van der Waals surface area contributed by atoms with E-state index in [1.165, 1.54) is 0 Å². The molecule has 0 aliphatic heterocycles. The highest BCUT2D eigenvalue weighted by Gasteiger charge is 2.10. The molecule has 3 heteroatoms. The molecular formula is C13H16N2O. The maximum atomic E-state index is 5.90. The van der Waals surface area contributed by atoms with Gasteiger partial charge in [-0.1, -0.05) is 12.1 Å². The van der Waals surface area contributed by atoms with Gasteiger partial charge in [0.05, 0.1) is 12.8 Å². The van der Waals surface area contributed by atoms with Crippen molar-refractivity contribution in [2.75, 3.05) is 12.8 Å². The van der Waals surface area contributed by atoms with E-state index in [1.54, 1.807) is 7.11 Å². The second-order valence-corrected chi connectivity index (χ2v) is 3.59. The molecule has 0 unspecified atom stereocenters. The van der Waals surface area contributed by atoms with Crippen LogP contribution in [0.4, 0.5) is 5.82 Å². The van der Waals surface area contributed by atoms with Gasteiger partial charge in [0.15, 0.2) is 0 Å². The number of methoxy groups -OCH3 is 1. The lowest BCUT2D eigenvalue weighted by atomic mass is 10.1. The smallest absolute Gasteiger partial charge is 0.128 e. The molecule has 1 aromatic heterocycles. The fraction of sp³-hybridized carbons (Fsp3) is 0.231. The zero-order chi connectivity index (χ0) is 11.5. The quantitative estimate of drug-likeness (QED) is 0.857. The van der Waals surface area contributed by atoms with Crippen molar-refractivity contribution in [3.05, 3.63) is 36.4 Å². The molecule has 0 aliphatic rings. The Morgan fingerprint density at radius 1 is 1.19 bits per heavy atom. The van der Waals surface area contributed by atoms with Gasteiger partial charge in [-0.15, -0.1) is 0 Å². The maximum Gasteiger partial charge on any atom is 0.128 e. The molecule has 0 spiro atoms. The van der Waals surface area contributed by atoms with Crippen LogP contribution in [0.2, 0.25) is 0 Å². The van der Waals surface area contributed by atoms with Gasteiger partial charge in [0.25, 0.3) is 0 Å². The molecule has 2 rings (SSSR count). The summed E-state index contributed by atoms with van der Waals surface area (Å²) in [6, 6.07) is 11.9. The standard InChI is InChI=1S/C13H16N2O/c1-3-15-11(8-9-13(15)14)10-6-4-5-7-12(10)16-2/h4-9H,3,14H2,1-2H3. The van der Waals surface area contributed by atoms with Gasteiger partial charge < -0.3 is 15.0 Å². The predicted octanol–water partition coefficient (Wildman–Crippen LogP) is 2.77. The summed E-state index contributed by atoms with van der Waals surface area (Å²) in [7, 11) is 1.68. The molecule has 0 fully saturated rings. The molecule has 2 aromatic rings. The van der Waals surface area contributed by atoms with Gasteiger partial charge in [0.2, 0.25) is 0 Å². The van der Waals surface area contributed by atoms with Crippen LogP contribution in [-0.4, -0.2) is 11.7 Å². The molecule has 0 bridgehead atoms. The second kappa shape index (κ2) is 4.31. The molecule has 0 saturated heterocycles. The highest BCUT2D eigenvalue weighted by molar-refractivity contribution is 5.70. The first-order chi connectivity index (χ1) is 7.77. The minimum atomic E-state index is 0.781. The number of ether oxygens (including phenoxy) is 1. The van der Waals surface area contributed by atoms with Crippen molar-refractivity contribution in [1.29, 1.82) is 0 Å². The lowest BCUT2D eigenvalue weighted by Crippen LogP contribution is -2.02. The summed E-state index contributed by atoms with van der Waals surface area (Å²) in [5, 5.41) is 0. The van der Waals surface area contributed by atoms with E-state index in [9.17, 15) is 0 Å². The van der Waals surface area contributed by atoms with Gasteiger partial charge in [0.1, 0.15) is 11.6 Å². The van der Waals surface area contributed by atoms with E-state index in [0.717, 1.165) is 29.4 Å². The lowest BCUT2D eigenvalue weighted by molar-refractivity contribution is 0.416. The Hall–Kier alpha value is -1.90. The van der Waals surface area contributed by atoms with Crippen LogP contribution in [0.25, 0.3) is 11.3 Å². The SMILES string of the molecule is CCn1c(N)ccc1-c1ccccc1OC. The molecule has 0 atom stereocenters. The van der Waals surface area contributed by atoms with E-state index >= 15 is 0 Å². The third-order valence-corrected chi connectivity index (χ3v) is 2.71. The molecule has 0 aliphatic carbocycles. The van der Waals surface area contributed by atoms with Crippen LogP contribution in [0.5, 0.6) is 5.75 Å². The first kappa shape index (κ1) is 10.6. The highest BCUT2D eigenvalue weighted by Crippen LogP contribution is 2.31. The molecule has 1 heterocycles. The summed E-state index contributed by atoms with van der Waals surface area (Å²) in [4.78, 5) is 0. The van der Waals surface area contributed by atoms with Crippen molar-refractivity contribution < 1.29 is 4.74 Å². The first-order valence-corrected chi connectivity index (χ1v) is 5.36. The van der Waals surface area contributed by atoms with Gasteiger partial charge >= 0.3 is 0 Å². The van der Waals surface area contributed by atoms with Gasteiger partial charge in [-0.2, -0.15) is 0 Å². The first-order valence-electron chi connectivity index (χ1n) is 5.36. The highest BCUT2D eigenvalue weighted by atomic mass is 16.5. The second-order valence-electron chi connectivity index (χ2n) is 3.59. The molecule has 0 amide bonds. The van der Waals surface area contributed by atoms with Gasteiger partial charge in [-0.05, 0) is 31.2 Å². The summed E-state index contributed by atoms with van der Waals surface area (Å²) < 4.78 is 7.42. The van der Waals surface area contributed by atoms with E-state index in [1.807, 2.05) is 36.4 Å². The fourth-order valence-electron chi connectivity index (χ4n) is 1.93. The molecule has 2 N–H and O–H groups in total. The normalized spacial score (nSPS) is 10.4. The van der Waals surface area contributed by atoms with Crippen molar-refractivity contribution in [3.8, 4) is 17.0 Å². The van der Waals surface area contributed by atoms with Gasteiger partial charge in [-0.3, -0.25) is 0 Å². The van der Waals surface area contributed by atoms with Crippen molar-refractivity contribution in [2.24, 2.45) is 0 Å². The summed E-state index contributed by atoms with van der Waals surface area (Å²) in [6.45, 7) is 2.93. The number of hydrogen-bond donors (Lipinski definition) is 1. The molecule has 16 heavy (non-hydrogen) atoms. The summed E-state index contributed by atoms with van der Waals surface area (Å²) in [6.07, 6.45) is 0. The van der Waals surface area contributed by atoms with Gasteiger partial charge in [0, 0.05) is 12.1 Å². The third-order valence-electron chi connectivity index (χ3n) is 2.71. The number of nitrogens with two attached hydrogens (primary N) is 1. The van der Waals surface area contributed by atoms with Crippen molar-refractivity contribution in [2.45, 2.75) is 13.5 Å². The van der Waals surface area contributed by atoms with Crippen LogP contribution in [0.1, 0.15) is 6.92 Å². The Morgan fingerprint density at radius 3 is 2.62 bits per heavy atom. The number of nitrogen functional groups attached to an aromatic ring is 1. The van der Waals surface area contributed by atoms with E-state index in [0.29, 0.717) is 0 Å². The van der Waals surface area contributed by atoms with Crippen molar-refractivity contribution in [1.82, 2.24) is 4.57 Å². The number of para-hydroxylation sites is 1. The topological polar surface area (TPSA) is 40.2 Å². The minimum Gasteiger partial charge on any atom is -0.496 e. The van der Waals surface area contributed by atoms with Crippen LogP contribution in [0, 0.1) is 0 Å². The predicted molar refractivity (Wildman–Crippen MR) is 66.5 cm³/mol. The zero-order valence-electron chi connectivity index (χ0n) is 9.60. The third kappa shape index (κ3) is 1.65. The van der Waals surface area contributed by atoms with Crippen molar-refractivity contribution in [3.63, 3.8) is 0 Å². The number of anilines is 1. The minimum absolute atomic E-state index is 0.781. The average molecular weight is 216 g/mol. The average Bonchev–Trinajstić information content (AvgIpc) is 2.70. The molecule has 84 valence electrons. The van der Waals surface area contributed by atoms with Gasteiger partial charge in [-0.25, -0.2) is 0 Å². The Labute approximate surface area is 95.5 Å². The molecule has 0 saturated carbocycles. The van der Waals surface area contributed by atoms with E-state index in [2.05, 4.69) is 11.5 Å². The number of aromatic nitrogens is 1. The monoisotopic (exact) mass is 216 g/mol. The number of rotatable bonds is 3. The van der Waals surface area contributed by atoms with Crippen LogP contribution in [0.3, 0.4) is 0 Å². The Morgan fingerprint density at radius 2 is 1.94 bits per heavy atom. The lowest BCUT2D eigenvalue weighted by Gasteiger charge is -2.11. The summed E-state index contributed by atoms with van der Waals surface area (Å²) in [5.74, 6) is 1.65. The molecule has 1 aromatic carbocycles.